The van der Waals surface area contributed by atoms with E-state index in [-0.39, 0.29) is 0 Å². The van der Waals surface area contributed by atoms with E-state index in [9.17, 15) is 0 Å². The molecule has 3 heteroatoms. The van der Waals surface area contributed by atoms with Crippen molar-refractivity contribution in [2.45, 2.75) is 0 Å². The number of fused-ring (bicyclic) bond motifs is 6. The molecule has 0 aliphatic heterocycles. The Kier molecular flexibility index (Phi) is 8.04. The van der Waals surface area contributed by atoms with Gasteiger partial charge in [-0.15, -0.1) is 11.3 Å². The van der Waals surface area contributed by atoms with E-state index in [0.29, 0.717) is 0 Å². The van der Waals surface area contributed by atoms with Crippen LogP contribution in [-0.2, 0) is 0 Å². The van der Waals surface area contributed by atoms with E-state index in [1.807, 2.05) is 11.3 Å². The average molecular weight is 745 g/mol. The molecule has 11 aromatic rings. The zero-order valence-electron chi connectivity index (χ0n) is 31.1. The largest absolute Gasteiger partial charge is 0.310 e. The smallest absolute Gasteiger partial charge is 0.0561 e. The fourth-order valence-electron chi connectivity index (χ4n) is 8.40. The van der Waals surface area contributed by atoms with E-state index in [1.165, 1.54) is 75.4 Å². The molecular formula is C54H36N2S. The van der Waals surface area contributed by atoms with Crippen molar-refractivity contribution in [1.82, 2.24) is 4.57 Å². The molecule has 0 fully saturated rings. The van der Waals surface area contributed by atoms with Crippen LogP contribution in [0.3, 0.4) is 0 Å². The monoisotopic (exact) mass is 744 g/mol. The fraction of sp³-hybridized carbons (Fsp3) is 0. The zero-order valence-corrected chi connectivity index (χ0v) is 31.9. The Hall–Kier alpha value is -7.20. The molecular weight excluding hydrogens is 709 g/mol. The van der Waals surface area contributed by atoms with Crippen molar-refractivity contribution in [3.63, 3.8) is 0 Å². The first-order chi connectivity index (χ1) is 28.2. The molecule has 11 rings (SSSR count). The average Bonchev–Trinajstić information content (AvgIpc) is 3.83. The lowest BCUT2D eigenvalue weighted by Gasteiger charge is -2.26. The molecule has 2 heterocycles. The Morgan fingerprint density at radius 1 is 0.298 bits per heavy atom. The van der Waals surface area contributed by atoms with Crippen LogP contribution in [0.1, 0.15) is 0 Å². The molecule has 0 bridgehead atoms. The first-order valence-electron chi connectivity index (χ1n) is 19.4. The molecule has 57 heavy (non-hydrogen) atoms. The molecule has 0 radical (unpaired) electrons. The van der Waals surface area contributed by atoms with Crippen molar-refractivity contribution in [3.8, 4) is 39.1 Å². The Bertz CT molecular complexity index is 3200. The van der Waals surface area contributed by atoms with E-state index in [0.717, 1.165) is 22.7 Å². The van der Waals surface area contributed by atoms with E-state index < -0.39 is 0 Å². The third kappa shape index (κ3) is 5.88. The molecule has 0 unspecified atom stereocenters. The Morgan fingerprint density at radius 2 is 0.754 bits per heavy atom. The van der Waals surface area contributed by atoms with Gasteiger partial charge in [-0.05, 0) is 100 Å². The highest BCUT2D eigenvalue weighted by Crippen LogP contribution is 2.42. The number of anilines is 3. The highest BCUT2D eigenvalue weighted by atomic mass is 32.1. The second-order valence-corrected chi connectivity index (χ2v) is 15.7. The molecule has 0 atom stereocenters. The van der Waals surface area contributed by atoms with Gasteiger partial charge < -0.3 is 9.47 Å². The number of thiophene rings is 1. The van der Waals surface area contributed by atoms with E-state index >= 15 is 0 Å². The second kappa shape index (κ2) is 13.8. The van der Waals surface area contributed by atoms with Gasteiger partial charge in [0.25, 0.3) is 0 Å². The molecule has 0 saturated carbocycles. The van der Waals surface area contributed by atoms with Crippen molar-refractivity contribution >= 4 is 70.4 Å². The van der Waals surface area contributed by atoms with Gasteiger partial charge in [-0.2, -0.15) is 0 Å². The Balaban J connectivity index is 1.01. The predicted molar refractivity (Wildman–Crippen MR) is 245 cm³/mol. The summed E-state index contributed by atoms with van der Waals surface area (Å²) in [6, 6.07) is 79.3. The number of nitrogens with zero attached hydrogens (tertiary/aromatic N) is 2. The third-order valence-electron chi connectivity index (χ3n) is 11.2. The molecule has 2 nitrogen and oxygen atoms in total. The summed E-state index contributed by atoms with van der Waals surface area (Å²) < 4.78 is 5.03. The normalized spacial score (nSPS) is 11.5. The number of hydrogen-bond donors (Lipinski definition) is 0. The minimum Gasteiger partial charge on any atom is -0.310 e. The van der Waals surface area contributed by atoms with E-state index in [2.05, 4.69) is 228 Å². The second-order valence-electron chi connectivity index (χ2n) is 14.6. The van der Waals surface area contributed by atoms with Gasteiger partial charge in [0, 0.05) is 53.7 Å². The van der Waals surface area contributed by atoms with Gasteiger partial charge in [0.1, 0.15) is 0 Å². The molecule has 2 aromatic heterocycles. The van der Waals surface area contributed by atoms with Crippen LogP contribution in [0.5, 0.6) is 0 Å². The summed E-state index contributed by atoms with van der Waals surface area (Å²) in [5.41, 5.74) is 14.1. The summed E-state index contributed by atoms with van der Waals surface area (Å²) in [5.74, 6) is 0. The maximum Gasteiger partial charge on any atom is 0.0561 e. The molecule has 0 aliphatic rings. The maximum absolute atomic E-state index is 2.39. The summed E-state index contributed by atoms with van der Waals surface area (Å²) in [4.78, 5) is 2.38. The number of benzene rings is 9. The molecule has 0 aliphatic carbocycles. The topological polar surface area (TPSA) is 8.17 Å². The van der Waals surface area contributed by atoms with Crippen molar-refractivity contribution in [2.24, 2.45) is 0 Å². The molecule has 0 N–H and O–H groups in total. The SMILES string of the molecule is c1ccc(-c2ccc(-c3ccc(N(c4ccc(-c5ccc6c(c5)sc5ccccc56)cc4)c4ccc5c6ccccc6n(-c6ccccc6)c5c4)cc3)cc2)cc1. The van der Waals surface area contributed by atoms with E-state index in [4.69, 9.17) is 0 Å². The van der Waals surface area contributed by atoms with Crippen LogP contribution >= 0.6 is 11.3 Å². The first-order valence-corrected chi connectivity index (χ1v) is 20.2. The van der Waals surface area contributed by atoms with Gasteiger partial charge in [0.05, 0.1) is 11.0 Å². The van der Waals surface area contributed by atoms with Gasteiger partial charge in [-0.1, -0.05) is 152 Å². The van der Waals surface area contributed by atoms with Crippen LogP contribution in [0.2, 0.25) is 0 Å². The van der Waals surface area contributed by atoms with Crippen molar-refractivity contribution < 1.29 is 0 Å². The number of aromatic nitrogens is 1. The highest BCUT2D eigenvalue weighted by molar-refractivity contribution is 7.25. The minimum absolute atomic E-state index is 1.10. The highest BCUT2D eigenvalue weighted by Gasteiger charge is 2.18. The summed E-state index contributed by atoms with van der Waals surface area (Å²) in [6.07, 6.45) is 0. The van der Waals surface area contributed by atoms with Crippen LogP contribution in [-0.4, -0.2) is 4.57 Å². The quantitative estimate of drug-likeness (QED) is 0.158. The minimum atomic E-state index is 1.10. The van der Waals surface area contributed by atoms with Gasteiger partial charge in [-0.3, -0.25) is 0 Å². The molecule has 0 amide bonds. The summed E-state index contributed by atoms with van der Waals surface area (Å²) in [7, 11) is 0. The fourth-order valence-corrected chi connectivity index (χ4v) is 9.54. The van der Waals surface area contributed by atoms with Gasteiger partial charge >= 0.3 is 0 Å². The maximum atomic E-state index is 2.39. The van der Waals surface area contributed by atoms with Crippen molar-refractivity contribution in [2.75, 3.05) is 4.90 Å². The number of rotatable bonds is 7. The molecule has 9 aromatic carbocycles. The van der Waals surface area contributed by atoms with Crippen molar-refractivity contribution in [3.05, 3.63) is 218 Å². The lowest BCUT2D eigenvalue weighted by molar-refractivity contribution is 1.18. The molecule has 0 saturated heterocycles. The molecule has 268 valence electrons. The first kappa shape index (κ1) is 33.2. The van der Waals surface area contributed by atoms with Gasteiger partial charge in [0.2, 0.25) is 0 Å². The van der Waals surface area contributed by atoms with Crippen molar-refractivity contribution in [1.29, 1.82) is 0 Å². The van der Waals surface area contributed by atoms with Crippen LogP contribution < -0.4 is 4.90 Å². The van der Waals surface area contributed by atoms with Gasteiger partial charge in [0.15, 0.2) is 0 Å². The molecule has 0 spiro atoms. The third-order valence-corrected chi connectivity index (χ3v) is 12.4. The summed E-state index contributed by atoms with van der Waals surface area (Å²) in [5, 5.41) is 5.13. The van der Waals surface area contributed by atoms with Crippen LogP contribution in [0, 0.1) is 0 Å². The van der Waals surface area contributed by atoms with Crippen LogP contribution in [0.4, 0.5) is 17.1 Å². The zero-order chi connectivity index (χ0) is 37.7. The van der Waals surface area contributed by atoms with Gasteiger partial charge in [-0.25, -0.2) is 0 Å². The lowest BCUT2D eigenvalue weighted by Crippen LogP contribution is -2.10. The summed E-state index contributed by atoms with van der Waals surface area (Å²) >= 11 is 1.86. The Labute approximate surface area is 335 Å². The summed E-state index contributed by atoms with van der Waals surface area (Å²) in [6.45, 7) is 0. The Morgan fingerprint density at radius 3 is 1.44 bits per heavy atom. The lowest BCUT2D eigenvalue weighted by atomic mass is 10.00. The van der Waals surface area contributed by atoms with Crippen LogP contribution in [0.15, 0.2) is 218 Å². The van der Waals surface area contributed by atoms with E-state index in [1.54, 1.807) is 0 Å². The number of para-hydroxylation sites is 2. The standard InChI is InChI=1S/C54H36N2S/c1-3-11-37(12-4-1)38-19-21-39(22-20-38)40-23-28-44(29-24-40)55(45-30-25-41(26-31-45)42-27-33-50-49-16-8-10-18-53(49)57-54(50)35-42)46-32-34-48-47-15-7-9-17-51(47)56(52(48)36-46)43-13-5-2-6-14-43/h1-36H. The van der Waals surface area contributed by atoms with Crippen LogP contribution in [0.25, 0.3) is 81.0 Å². The predicted octanol–water partition coefficient (Wildman–Crippen LogP) is 15.6. The number of hydrogen-bond acceptors (Lipinski definition) is 2.